The SMILES string of the molecule is O=C(O)/C=C/c1ccc(Oc2cc(F)ccc2Br)nc1. The molecule has 0 fully saturated rings. The van der Waals surface area contributed by atoms with Crippen LogP contribution in [0.3, 0.4) is 0 Å². The van der Waals surface area contributed by atoms with Gasteiger partial charge in [-0.3, -0.25) is 0 Å². The lowest BCUT2D eigenvalue weighted by Gasteiger charge is -2.06. The molecule has 0 radical (unpaired) electrons. The molecule has 4 nitrogen and oxygen atoms in total. The van der Waals surface area contributed by atoms with Crippen molar-refractivity contribution in [3.63, 3.8) is 0 Å². The van der Waals surface area contributed by atoms with Crippen LogP contribution in [0.2, 0.25) is 0 Å². The number of halogens is 2. The number of hydrogen-bond donors (Lipinski definition) is 1. The van der Waals surface area contributed by atoms with Crippen molar-refractivity contribution < 1.29 is 19.0 Å². The van der Waals surface area contributed by atoms with E-state index in [1.807, 2.05) is 0 Å². The van der Waals surface area contributed by atoms with Gasteiger partial charge < -0.3 is 9.84 Å². The van der Waals surface area contributed by atoms with Crippen molar-refractivity contribution in [2.45, 2.75) is 0 Å². The summed E-state index contributed by atoms with van der Waals surface area (Å²) >= 11 is 3.25. The number of nitrogens with zero attached hydrogens (tertiary/aromatic N) is 1. The Kier molecular flexibility index (Phi) is 4.47. The van der Waals surface area contributed by atoms with E-state index in [0.717, 1.165) is 6.08 Å². The molecule has 1 aromatic carbocycles. The van der Waals surface area contributed by atoms with E-state index in [4.69, 9.17) is 9.84 Å². The first-order valence-corrected chi connectivity index (χ1v) is 6.34. The minimum absolute atomic E-state index is 0.281. The summed E-state index contributed by atoms with van der Waals surface area (Å²) in [6.45, 7) is 0. The Bertz CT molecular complexity index is 656. The normalized spacial score (nSPS) is 10.7. The van der Waals surface area contributed by atoms with Gasteiger partial charge in [-0.05, 0) is 45.8 Å². The van der Waals surface area contributed by atoms with Gasteiger partial charge in [0, 0.05) is 24.4 Å². The van der Waals surface area contributed by atoms with Crippen molar-refractivity contribution in [3.05, 3.63) is 58.5 Å². The Morgan fingerprint density at radius 3 is 2.80 bits per heavy atom. The largest absolute Gasteiger partial charge is 0.478 e. The topological polar surface area (TPSA) is 59.4 Å². The molecule has 20 heavy (non-hydrogen) atoms. The third-order valence-electron chi connectivity index (χ3n) is 2.29. The van der Waals surface area contributed by atoms with Gasteiger partial charge in [-0.25, -0.2) is 14.2 Å². The van der Waals surface area contributed by atoms with E-state index in [2.05, 4.69) is 20.9 Å². The highest BCUT2D eigenvalue weighted by Crippen LogP contribution is 2.29. The molecule has 1 aromatic heterocycles. The quantitative estimate of drug-likeness (QED) is 0.860. The molecule has 2 rings (SSSR count). The highest BCUT2D eigenvalue weighted by Gasteiger charge is 2.05. The summed E-state index contributed by atoms with van der Waals surface area (Å²) in [4.78, 5) is 14.4. The lowest BCUT2D eigenvalue weighted by Crippen LogP contribution is -1.90. The lowest BCUT2D eigenvalue weighted by molar-refractivity contribution is -0.131. The third-order valence-corrected chi connectivity index (χ3v) is 2.94. The maximum absolute atomic E-state index is 13.1. The van der Waals surface area contributed by atoms with Gasteiger partial charge in [0.2, 0.25) is 5.88 Å². The van der Waals surface area contributed by atoms with Gasteiger partial charge in [0.15, 0.2) is 0 Å². The molecule has 0 bridgehead atoms. The highest BCUT2D eigenvalue weighted by atomic mass is 79.9. The average molecular weight is 338 g/mol. The monoisotopic (exact) mass is 337 g/mol. The first-order chi connectivity index (χ1) is 9.54. The minimum Gasteiger partial charge on any atom is -0.478 e. The van der Waals surface area contributed by atoms with Crippen LogP contribution < -0.4 is 4.74 Å². The van der Waals surface area contributed by atoms with Gasteiger partial charge in [-0.2, -0.15) is 0 Å². The Morgan fingerprint density at radius 2 is 2.15 bits per heavy atom. The molecule has 0 spiro atoms. The second-order valence-electron chi connectivity index (χ2n) is 3.78. The van der Waals surface area contributed by atoms with Gasteiger partial charge in [-0.1, -0.05) is 0 Å². The summed E-state index contributed by atoms with van der Waals surface area (Å²) < 4.78 is 19.1. The van der Waals surface area contributed by atoms with Crippen molar-refractivity contribution in [1.82, 2.24) is 4.98 Å². The summed E-state index contributed by atoms with van der Waals surface area (Å²) in [6.07, 6.45) is 3.89. The van der Waals surface area contributed by atoms with Crippen molar-refractivity contribution in [1.29, 1.82) is 0 Å². The predicted molar refractivity (Wildman–Crippen MR) is 75.1 cm³/mol. The van der Waals surface area contributed by atoms with Crippen LogP contribution in [0.25, 0.3) is 6.08 Å². The maximum atomic E-state index is 13.1. The minimum atomic E-state index is -1.03. The van der Waals surface area contributed by atoms with Gasteiger partial charge in [0.1, 0.15) is 11.6 Å². The van der Waals surface area contributed by atoms with E-state index in [9.17, 15) is 9.18 Å². The van der Waals surface area contributed by atoms with E-state index in [0.29, 0.717) is 15.8 Å². The number of carbonyl (C=O) groups is 1. The number of benzene rings is 1. The standard InChI is InChI=1S/C14H9BrFNO3/c15-11-4-3-10(16)7-12(11)20-13-5-1-9(8-17-13)2-6-14(18)19/h1-8H,(H,18,19)/b6-2+. The number of aromatic nitrogens is 1. The Labute approximate surface area is 122 Å². The molecule has 6 heteroatoms. The number of aliphatic carboxylic acids is 1. The van der Waals surface area contributed by atoms with E-state index < -0.39 is 11.8 Å². The number of rotatable bonds is 4. The van der Waals surface area contributed by atoms with Crippen molar-refractivity contribution in [2.24, 2.45) is 0 Å². The molecule has 0 saturated carbocycles. The predicted octanol–water partition coefficient (Wildman–Crippen LogP) is 3.87. The van der Waals surface area contributed by atoms with Crippen LogP contribution in [0.15, 0.2) is 47.1 Å². The fourth-order valence-electron chi connectivity index (χ4n) is 1.39. The molecule has 0 unspecified atom stereocenters. The zero-order chi connectivity index (χ0) is 14.5. The van der Waals surface area contributed by atoms with Crippen LogP contribution in [0.1, 0.15) is 5.56 Å². The van der Waals surface area contributed by atoms with Crippen LogP contribution in [-0.4, -0.2) is 16.1 Å². The van der Waals surface area contributed by atoms with Gasteiger partial charge in [-0.15, -0.1) is 0 Å². The van der Waals surface area contributed by atoms with Crippen LogP contribution in [0, 0.1) is 5.82 Å². The molecule has 0 aliphatic rings. The van der Waals surface area contributed by atoms with Crippen LogP contribution >= 0.6 is 15.9 Å². The second kappa shape index (κ2) is 6.29. The van der Waals surface area contributed by atoms with Gasteiger partial charge in [0.05, 0.1) is 4.47 Å². The average Bonchev–Trinajstić information content (AvgIpc) is 2.42. The van der Waals surface area contributed by atoms with Gasteiger partial charge in [0.25, 0.3) is 0 Å². The molecule has 0 amide bonds. The van der Waals surface area contributed by atoms with Crippen LogP contribution in [0.4, 0.5) is 4.39 Å². The molecule has 1 N–H and O–H groups in total. The Morgan fingerprint density at radius 1 is 1.35 bits per heavy atom. The van der Waals surface area contributed by atoms with Crippen molar-refractivity contribution >= 4 is 28.0 Å². The fraction of sp³-hybridized carbons (Fsp3) is 0. The summed E-state index contributed by atoms with van der Waals surface area (Å²) in [5.74, 6) is -0.853. The number of ether oxygens (including phenoxy) is 1. The van der Waals surface area contributed by atoms with E-state index in [1.165, 1.54) is 30.5 Å². The Balaban J connectivity index is 2.14. The summed E-state index contributed by atoms with van der Waals surface area (Å²) in [6, 6.07) is 7.30. The van der Waals surface area contributed by atoms with Crippen LogP contribution in [0.5, 0.6) is 11.6 Å². The molecule has 0 atom stereocenters. The first kappa shape index (κ1) is 14.2. The molecule has 0 aliphatic heterocycles. The molecular weight excluding hydrogens is 329 g/mol. The van der Waals surface area contributed by atoms with Gasteiger partial charge >= 0.3 is 5.97 Å². The first-order valence-electron chi connectivity index (χ1n) is 5.54. The fourth-order valence-corrected chi connectivity index (χ4v) is 1.71. The second-order valence-corrected chi connectivity index (χ2v) is 4.63. The zero-order valence-corrected chi connectivity index (χ0v) is 11.7. The van der Waals surface area contributed by atoms with E-state index in [1.54, 1.807) is 12.1 Å². The lowest BCUT2D eigenvalue weighted by atomic mass is 10.2. The third kappa shape index (κ3) is 3.89. The Hall–Kier alpha value is -2.21. The summed E-state index contributed by atoms with van der Waals surface area (Å²) in [7, 11) is 0. The molecule has 0 aliphatic carbocycles. The van der Waals surface area contributed by atoms with Crippen molar-refractivity contribution in [3.8, 4) is 11.6 Å². The smallest absolute Gasteiger partial charge is 0.328 e. The van der Waals surface area contributed by atoms with E-state index >= 15 is 0 Å². The highest BCUT2D eigenvalue weighted by molar-refractivity contribution is 9.10. The van der Waals surface area contributed by atoms with E-state index in [-0.39, 0.29) is 5.88 Å². The molecular formula is C14H9BrFNO3. The number of pyridine rings is 1. The molecule has 1 heterocycles. The number of hydrogen-bond acceptors (Lipinski definition) is 3. The number of carboxylic acid groups (broad SMARTS) is 1. The maximum Gasteiger partial charge on any atom is 0.328 e. The molecule has 102 valence electrons. The molecule has 2 aromatic rings. The van der Waals surface area contributed by atoms with Crippen molar-refractivity contribution in [2.75, 3.05) is 0 Å². The summed E-state index contributed by atoms with van der Waals surface area (Å²) in [5.41, 5.74) is 0.623. The van der Waals surface area contributed by atoms with Crippen LogP contribution in [-0.2, 0) is 4.79 Å². The summed E-state index contributed by atoms with van der Waals surface area (Å²) in [5, 5.41) is 8.51. The number of carboxylic acids is 1. The zero-order valence-electron chi connectivity index (χ0n) is 10.1. The molecule has 0 saturated heterocycles.